The number of alkyl halides is 6. The van der Waals surface area contributed by atoms with E-state index in [1.54, 1.807) is 19.1 Å². The monoisotopic (exact) mass is 345 g/mol. The number of halogens is 6. The standard InChI is InChI=1S/C13H13F6NOS/c1-9-2-4-11(5-3-9)22(21)20-8-10(6-12(14,15)16)7-13(17,18)19/h2-5,8,20H,6-7H2,1H3. The summed E-state index contributed by atoms with van der Waals surface area (Å²) in [5.41, 5.74) is -0.0495. The van der Waals surface area contributed by atoms with Gasteiger partial charge in [0.25, 0.3) is 0 Å². The van der Waals surface area contributed by atoms with Gasteiger partial charge in [-0.05, 0) is 24.6 Å². The molecule has 22 heavy (non-hydrogen) atoms. The van der Waals surface area contributed by atoms with E-state index < -0.39 is 41.8 Å². The maximum Gasteiger partial charge on any atom is 0.392 e. The van der Waals surface area contributed by atoms with Crippen LogP contribution in [-0.4, -0.2) is 16.6 Å². The third-order valence-corrected chi connectivity index (χ3v) is 3.49. The third-order valence-electron chi connectivity index (χ3n) is 2.46. The molecule has 0 aliphatic carbocycles. The van der Waals surface area contributed by atoms with E-state index in [4.69, 9.17) is 0 Å². The Bertz CT molecular complexity index is 529. The average Bonchev–Trinajstić information content (AvgIpc) is 2.32. The molecule has 1 aromatic rings. The van der Waals surface area contributed by atoms with E-state index in [2.05, 4.69) is 4.72 Å². The van der Waals surface area contributed by atoms with E-state index in [1.165, 1.54) is 12.1 Å². The van der Waals surface area contributed by atoms with Crippen LogP contribution in [0.3, 0.4) is 0 Å². The van der Waals surface area contributed by atoms with E-state index in [1.807, 2.05) is 0 Å². The number of nitrogens with one attached hydrogen (secondary N) is 1. The lowest BCUT2D eigenvalue weighted by Gasteiger charge is -2.13. The van der Waals surface area contributed by atoms with Crippen molar-refractivity contribution in [3.8, 4) is 0 Å². The highest BCUT2D eigenvalue weighted by molar-refractivity contribution is 7.83. The molecule has 0 aliphatic rings. The fraction of sp³-hybridized carbons (Fsp3) is 0.385. The van der Waals surface area contributed by atoms with Gasteiger partial charge in [0.1, 0.15) is 11.0 Å². The van der Waals surface area contributed by atoms with Gasteiger partial charge in [-0.3, -0.25) is 0 Å². The van der Waals surface area contributed by atoms with Crippen molar-refractivity contribution in [2.24, 2.45) is 0 Å². The largest absolute Gasteiger partial charge is 0.392 e. The number of aryl methyl sites for hydroxylation is 1. The van der Waals surface area contributed by atoms with Crippen molar-refractivity contribution in [1.82, 2.24) is 4.72 Å². The van der Waals surface area contributed by atoms with Gasteiger partial charge in [-0.25, -0.2) is 4.21 Å². The molecule has 124 valence electrons. The summed E-state index contributed by atoms with van der Waals surface area (Å²) >= 11 is 0. The molecule has 0 amide bonds. The SMILES string of the molecule is Cc1ccc(S(=O)NC=C(CC(F)(F)F)CC(F)(F)F)cc1. The lowest BCUT2D eigenvalue weighted by Crippen LogP contribution is -2.18. The number of hydrogen-bond donors (Lipinski definition) is 1. The summed E-state index contributed by atoms with van der Waals surface area (Å²) in [4.78, 5) is 0.250. The van der Waals surface area contributed by atoms with Crippen molar-refractivity contribution in [2.75, 3.05) is 0 Å². The Morgan fingerprint density at radius 2 is 1.50 bits per heavy atom. The molecule has 2 nitrogen and oxygen atoms in total. The Labute approximate surface area is 125 Å². The van der Waals surface area contributed by atoms with Crippen molar-refractivity contribution >= 4 is 11.0 Å². The van der Waals surface area contributed by atoms with Crippen LogP contribution >= 0.6 is 0 Å². The fourth-order valence-electron chi connectivity index (χ4n) is 1.55. The molecule has 1 N–H and O–H groups in total. The maximum absolute atomic E-state index is 12.3. The highest BCUT2D eigenvalue weighted by atomic mass is 32.2. The molecule has 0 bridgehead atoms. The van der Waals surface area contributed by atoms with Crippen LogP contribution in [0.15, 0.2) is 40.9 Å². The zero-order valence-electron chi connectivity index (χ0n) is 11.4. The molecular weight excluding hydrogens is 332 g/mol. The van der Waals surface area contributed by atoms with Crippen LogP contribution in [0.4, 0.5) is 26.3 Å². The van der Waals surface area contributed by atoms with Crippen LogP contribution < -0.4 is 4.72 Å². The summed E-state index contributed by atoms with van der Waals surface area (Å²) in [6.07, 6.45) is -12.5. The fourth-order valence-corrected chi connectivity index (χ4v) is 2.34. The van der Waals surface area contributed by atoms with Gasteiger partial charge in [-0.15, -0.1) is 0 Å². The Hall–Kier alpha value is -1.51. The predicted molar refractivity (Wildman–Crippen MR) is 70.2 cm³/mol. The molecule has 1 atom stereocenters. The second kappa shape index (κ2) is 7.17. The minimum Gasteiger partial charge on any atom is -0.308 e. The summed E-state index contributed by atoms with van der Waals surface area (Å²) in [5.74, 6) is 0. The van der Waals surface area contributed by atoms with Gasteiger partial charge in [0.05, 0.1) is 17.7 Å². The minimum absolute atomic E-state index is 0.250. The molecule has 9 heteroatoms. The van der Waals surface area contributed by atoms with Crippen LogP contribution in [0.2, 0.25) is 0 Å². The van der Waals surface area contributed by atoms with E-state index in [-0.39, 0.29) is 4.90 Å². The lowest BCUT2D eigenvalue weighted by molar-refractivity contribution is -0.142. The van der Waals surface area contributed by atoms with E-state index in [0.717, 1.165) is 5.56 Å². The Morgan fingerprint density at radius 1 is 1.05 bits per heavy atom. The number of rotatable bonds is 5. The molecule has 0 fully saturated rings. The molecule has 1 unspecified atom stereocenters. The molecule has 0 spiro atoms. The highest BCUT2D eigenvalue weighted by Gasteiger charge is 2.35. The molecule has 0 heterocycles. The van der Waals surface area contributed by atoms with Gasteiger partial charge < -0.3 is 4.72 Å². The van der Waals surface area contributed by atoms with Crippen molar-refractivity contribution in [3.05, 3.63) is 41.6 Å². The summed E-state index contributed by atoms with van der Waals surface area (Å²) in [5, 5.41) is 0. The van der Waals surface area contributed by atoms with Crippen molar-refractivity contribution in [2.45, 2.75) is 37.0 Å². The predicted octanol–water partition coefficient (Wildman–Crippen LogP) is 4.40. The van der Waals surface area contributed by atoms with Crippen LogP contribution in [0.25, 0.3) is 0 Å². The zero-order chi connectivity index (χ0) is 17.0. The summed E-state index contributed by atoms with van der Waals surface area (Å²) < 4.78 is 87.4. The second-order valence-corrected chi connectivity index (χ2v) is 5.83. The smallest absolute Gasteiger partial charge is 0.308 e. The zero-order valence-corrected chi connectivity index (χ0v) is 12.2. The van der Waals surface area contributed by atoms with Crippen molar-refractivity contribution in [3.63, 3.8) is 0 Å². The average molecular weight is 345 g/mol. The van der Waals surface area contributed by atoms with Gasteiger partial charge in [0, 0.05) is 6.20 Å². The molecule has 1 aromatic carbocycles. The van der Waals surface area contributed by atoms with Crippen LogP contribution in [0.5, 0.6) is 0 Å². The Balaban J connectivity index is 2.83. The van der Waals surface area contributed by atoms with E-state index >= 15 is 0 Å². The molecule has 1 rings (SSSR count). The topological polar surface area (TPSA) is 29.1 Å². The van der Waals surface area contributed by atoms with Crippen molar-refractivity contribution < 1.29 is 30.6 Å². The Morgan fingerprint density at radius 3 is 1.91 bits per heavy atom. The summed E-state index contributed by atoms with van der Waals surface area (Å²) in [7, 11) is -1.93. The van der Waals surface area contributed by atoms with Gasteiger partial charge >= 0.3 is 12.4 Å². The number of allylic oxidation sites excluding steroid dienone is 1. The van der Waals surface area contributed by atoms with Gasteiger partial charge in [0.2, 0.25) is 0 Å². The second-order valence-electron chi connectivity index (χ2n) is 4.59. The lowest BCUT2D eigenvalue weighted by atomic mass is 10.1. The molecule has 0 aliphatic heterocycles. The van der Waals surface area contributed by atoms with Gasteiger partial charge in [0.15, 0.2) is 0 Å². The summed E-state index contributed by atoms with van der Waals surface area (Å²) in [6, 6.07) is 6.20. The molecule has 0 saturated carbocycles. The van der Waals surface area contributed by atoms with Gasteiger partial charge in [-0.2, -0.15) is 26.3 Å². The molecule has 0 saturated heterocycles. The summed E-state index contributed by atoms with van der Waals surface area (Å²) in [6.45, 7) is 1.78. The van der Waals surface area contributed by atoms with Gasteiger partial charge in [-0.1, -0.05) is 17.7 Å². The quantitative estimate of drug-likeness (QED) is 0.788. The van der Waals surface area contributed by atoms with Crippen LogP contribution in [-0.2, 0) is 11.0 Å². The van der Waals surface area contributed by atoms with E-state index in [9.17, 15) is 30.6 Å². The molecule has 0 radical (unpaired) electrons. The first-order valence-corrected chi connectivity index (χ1v) is 7.17. The first-order valence-electron chi connectivity index (χ1n) is 6.02. The normalized spacial score (nSPS) is 13.6. The molecular formula is C13H13F6NOS. The first kappa shape index (κ1) is 18.5. The third kappa shape index (κ3) is 7.48. The Kier molecular flexibility index (Phi) is 6.04. The highest BCUT2D eigenvalue weighted by Crippen LogP contribution is 2.32. The minimum atomic E-state index is -4.77. The van der Waals surface area contributed by atoms with Crippen molar-refractivity contribution in [1.29, 1.82) is 0 Å². The molecule has 0 aromatic heterocycles. The van der Waals surface area contributed by atoms with E-state index in [0.29, 0.717) is 6.20 Å². The van der Waals surface area contributed by atoms with Crippen LogP contribution in [0.1, 0.15) is 18.4 Å². The number of benzene rings is 1. The first-order chi connectivity index (χ1) is 9.96. The van der Waals surface area contributed by atoms with Crippen LogP contribution in [0, 0.1) is 6.92 Å². The number of hydrogen-bond acceptors (Lipinski definition) is 1. The maximum atomic E-state index is 12.3.